The van der Waals surface area contributed by atoms with Gasteiger partial charge in [0.2, 0.25) is 0 Å². The van der Waals surface area contributed by atoms with Gasteiger partial charge in [0.25, 0.3) is 0 Å². The maximum atomic E-state index is 5.48. The van der Waals surface area contributed by atoms with Gasteiger partial charge in [0.05, 0.1) is 6.54 Å². The van der Waals surface area contributed by atoms with Gasteiger partial charge in [0.1, 0.15) is 0 Å². The predicted octanol–water partition coefficient (Wildman–Crippen LogP) is 3.33. The van der Waals surface area contributed by atoms with Crippen molar-refractivity contribution >= 4 is 5.69 Å². The van der Waals surface area contributed by atoms with Gasteiger partial charge in [-0.1, -0.05) is 42.2 Å². The summed E-state index contributed by atoms with van der Waals surface area (Å²) >= 11 is 0. The highest BCUT2D eigenvalue weighted by Gasteiger charge is 2.07. The van der Waals surface area contributed by atoms with E-state index in [9.17, 15) is 0 Å². The number of nitrogens with zero attached hydrogens (tertiary/aromatic N) is 1. The van der Waals surface area contributed by atoms with E-state index in [1.54, 1.807) is 0 Å². The Morgan fingerprint density at radius 2 is 1.90 bits per heavy atom. The minimum atomic E-state index is 0.393. The molecule has 2 aromatic rings. The van der Waals surface area contributed by atoms with Crippen LogP contribution in [-0.4, -0.2) is 13.1 Å². The maximum absolute atomic E-state index is 5.48. The van der Waals surface area contributed by atoms with Crippen LogP contribution in [0.4, 0.5) is 5.69 Å². The Balaban J connectivity index is 2.27. The molecule has 2 N–H and O–H groups in total. The second-order valence-electron chi connectivity index (χ2n) is 5.02. The van der Waals surface area contributed by atoms with Crippen LogP contribution in [-0.2, 0) is 6.54 Å². The van der Waals surface area contributed by atoms with Gasteiger partial charge in [-0.05, 0) is 43.2 Å². The van der Waals surface area contributed by atoms with Gasteiger partial charge in [-0.25, -0.2) is 0 Å². The van der Waals surface area contributed by atoms with Crippen LogP contribution in [0.15, 0.2) is 48.5 Å². The zero-order chi connectivity index (χ0) is 15.1. The number of aryl methyl sites for hydroxylation is 1. The van der Waals surface area contributed by atoms with E-state index in [0.717, 1.165) is 18.7 Å². The van der Waals surface area contributed by atoms with Gasteiger partial charge in [-0.15, -0.1) is 0 Å². The molecule has 0 spiro atoms. The lowest BCUT2D eigenvalue weighted by molar-refractivity contribution is 0.830. The largest absolute Gasteiger partial charge is 0.367 e. The molecular weight excluding hydrogens is 256 g/mol. The molecule has 0 saturated carbocycles. The lowest BCUT2D eigenvalue weighted by Gasteiger charge is -2.24. The molecule has 0 atom stereocenters. The molecule has 0 amide bonds. The molecule has 2 heteroatoms. The van der Waals surface area contributed by atoms with Crippen molar-refractivity contribution < 1.29 is 0 Å². The number of nitrogens with two attached hydrogens (primary N) is 1. The quantitative estimate of drug-likeness (QED) is 0.869. The fourth-order valence-corrected chi connectivity index (χ4v) is 2.34. The average Bonchev–Trinajstić information content (AvgIpc) is 2.51. The average molecular weight is 278 g/mol. The van der Waals surface area contributed by atoms with Crippen LogP contribution in [0.25, 0.3) is 0 Å². The zero-order valence-corrected chi connectivity index (χ0v) is 12.8. The maximum Gasteiger partial charge on any atom is 0.0555 e. The van der Waals surface area contributed by atoms with Crippen LogP contribution in [0.3, 0.4) is 0 Å². The van der Waals surface area contributed by atoms with Gasteiger partial charge >= 0.3 is 0 Å². The van der Waals surface area contributed by atoms with Crippen molar-refractivity contribution in [3.05, 3.63) is 65.2 Å². The third kappa shape index (κ3) is 4.11. The predicted molar refractivity (Wildman–Crippen MR) is 90.3 cm³/mol. The molecule has 0 radical (unpaired) electrons. The van der Waals surface area contributed by atoms with Crippen LogP contribution in [0.5, 0.6) is 0 Å². The Hall–Kier alpha value is -2.24. The number of benzene rings is 2. The van der Waals surface area contributed by atoms with Crippen LogP contribution < -0.4 is 10.6 Å². The van der Waals surface area contributed by atoms with Crippen LogP contribution in [0.1, 0.15) is 23.6 Å². The van der Waals surface area contributed by atoms with Gasteiger partial charge in [0, 0.05) is 24.3 Å². The molecule has 0 aromatic heterocycles. The number of rotatable bonds is 4. The smallest absolute Gasteiger partial charge is 0.0555 e. The normalized spacial score (nSPS) is 9.86. The molecule has 0 aliphatic rings. The standard InChI is InChI=1S/C19H22N2/c1-3-21(19-12-6-8-16(2)14-19)15-18-10-5-4-9-17(18)11-7-13-20/h4-6,8-10,12,14H,3,13,15,20H2,1-2H3. The number of anilines is 1. The van der Waals surface area contributed by atoms with E-state index in [4.69, 9.17) is 5.73 Å². The highest BCUT2D eigenvalue weighted by atomic mass is 15.1. The Bertz CT molecular complexity index is 650. The van der Waals surface area contributed by atoms with Gasteiger partial charge in [-0.3, -0.25) is 0 Å². The summed E-state index contributed by atoms with van der Waals surface area (Å²) in [7, 11) is 0. The Morgan fingerprint density at radius 1 is 1.10 bits per heavy atom. The van der Waals surface area contributed by atoms with Gasteiger partial charge < -0.3 is 10.6 Å². The first-order chi connectivity index (χ1) is 10.2. The molecule has 0 saturated heterocycles. The molecule has 108 valence electrons. The molecule has 2 aromatic carbocycles. The van der Waals surface area contributed by atoms with Crippen LogP contribution >= 0.6 is 0 Å². The summed E-state index contributed by atoms with van der Waals surface area (Å²) in [5.74, 6) is 6.11. The first-order valence-corrected chi connectivity index (χ1v) is 7.33. The summed E-state index contributed by atoms with van der Waals surface area (Å²) in [5, 5.41) is 0. The SMILES string of the molecule is CCN(Cc1ccccc1C#CCN)c1cccc(C)c1. The summed E-state index contributed by atoms with van der Waals surface area (Å²) in [6.07, 6.45) is 0. The Kier molecular flexibility index (Phi) is 5.43. The summed E-state index contributed by atoms with van der Waals surface area (Å²) in [4.78, 5) is 2.36. The van der Waals surface area contributed by atoms with Crippen molar-refractivity contribution in [2.45, 2.75) is 20.4 Å². The van der Waals surface area contributed by atoms with E-state index in [-0.39, 0.29) is 0 Å². The molecule has 0 unspecified atom stereocenters. The molecule has 2 nitrogen and oxygen atoms in total. The molecule has 0 bridgehead atoms. The highest BCUT2D eigenvalue weighted by Crippen LogP contribution is 2.19. The minimum absolute atomic E-state index is 0.393. The molecule has 0 heterocycles. The first-order valence-electron chi connectivity index (χ1n) is 7.33. The number of hydrogen-bond donors (Lipinski definition) is 1. The fourth-order valence-electron chi connectivity index (χ4n) is 2.34. The van der Waals surface area contributed by atoms with E-state index < -0.39 is 0 Å². The highest BCUT2D eigenvalue weighted by molar-refractivity contribution is 5.51. The van der Waals surface area contributed by atoms with Gasteiger partial charge in [0.15, 0.2) is 0 Å². The second-order valence-corrected chi connectivity index (χ2v) is 5.02. The van der Waals surface area contributed by atoms with Crippen LogP contribution in [0, 0.1) is 18.8 Å². The van der Waals surface area contributed by atoms with E-state index in [0.29, 0.717) is 6.54 Å². The second kappa shape index (κ2) is 7.52. The van der Waals surface area contributed by atoms with Crippen molar-refractivity contribution in [3.8, 4) is 11.8 Å². The van der Waals surface area contributed by atoms with Crippen molar-refractivity contribution in [1.29, 1.82) is 0 Å². The lowest BCUT2D eigenvalue weighted by atomic mass is 10.1. The van der Waals surface area contributed by atoms with Crippen molar-refractivity contribution in [2.75, 3.05) is 18.0 Å². The molecule has 0 aliphatic heterocycles. The summed E-state index contributed by atoms with van der Waals surface area (Å²) in [6, 6.07) is 16.9. The monoisotopic (exact) mass is 278 g/mol. The van der Waals surface area contributed by atoms with E-state index in [2.05, 4.69) is 73.1 Å². The Labute approximate surface area is 127 Å². The lowest BCUT2D eigenvalue weighted by Crippen LogP contribution is -2.22. The molecule has 0 fully saturated rings. The van der Waals surface area contributed by atoms with Crippen molar-refractivity contribution in [3.63, 3.8) is 0 Å². The summed E-state index contributed by atoms with van der Waals surface area (Å²) in [5.41, 5.74) is 10.3. The first kappa shape index (κ1) is 15.2. The van der Waals surface area contributed by atoms with E-state index in [1.807, 2.05) is 6.07 Å². The van der Waals surface area contributed by atoms with E-state index >= 15 is 0 Å². The topological polar surface area (TPSA) is 29.3 Å². The molecule has 0 aliphatic carbocycles. The fraction of sp³-hybridized carbons (Fsp3) is 0.263. The van der Waals surface area contributed by atoms with Crippen molar-refractivity contribution in [1.82, 2.24) is 0 Å². The number of hydrogen-bond acceptors (Lipinski definition) is 2. The molecular formula is C19H22N2. The Morgan fingerprint density at radius 3 is 2.62 bits per heavy atom. The third-order valence-electron chi connectivity index (χ3n) is 3.45. The minimum Gasteiger partial charge on any atom is -0.367 e. The molecule has 2 rings (SSSR count). The third-order valence-corrected chi connectivity index (χ3v) is 3.45. The molecule has 21 heavy (non-hydrogen) atoms. The van der Waals surface area contributed by atoms with Crippen molar-refractivity contribution in [2.24, 2.45) is 5.73 Å². The van der Waals surface area contributed by atoms with Crippen LogP contribution in [0.2, 0.25) is 0 Å². The van der Waals surface area contributed by atoms with Gasteiger partial charge in [-0.2, -0.15) is 0 Å². The van der Waals surface area contributed by atoms with E-state index in [1.165, 1.54) is 16.8 Å². The summed E-state index contributed by atoms with van der Waals surface area (Å²) in [6.45, 7) is 6.51. The zero-order valence-electron chi connectivity index (χ0n) is 12.8. The summed E-state index contributed by atoms with van der Waals surface area (Å²) < 4.78 is 0.